The molecule has 3 heteroatoms. The Bertz CT molecular complexity index is 352. The highest BCUT2D eigenvalue weighted by molar-refractivity contribution is 7.99. The second-order valence-corrected chi connectivity index (χ2v) is 11.6. The van der Waals surface area contributed by atoms with Gasteiger partial charge in [0.05, 0.1) is 13.0 Å². The van der Waals surface area contributed by atoms with Crippen molar-refractivity contribution in [2.45, 2.75) is 174 Å². The van der Waals surface area contributed by atoms with Gasteiger partial charge in [-0.15, -0.1) is 0 Å². The fraction of sp³-hybridized carbons (Fsp3) is 0.968. The fourth-order valence-corrected chi connectivity index (χ4v) is 5.43. The largest absolute Gasteiger partial charge is 0.466 e. The van der Waals surface area contributed by atoms with Crippen molar-refractivity contribution in [3.05, 3.63) is 0 Å². The predicted molar refractivity (Wildman–Crippen MR) is 155 cm³/mol. The molecule has 0 fully saturated rings. The van der Waals surface area contributed by atoms with E-state index < -0.39 is 0 Å². The molecule has 204 valence electrons. The van der Waals surface area contributed by atoms with E-state index in [-0.39, 0.29) is 5.97 Å². The van der Waals surface area contributed by atoms with Crippen molar-refractivity contribution in [3.8, 4) is 0 Å². The maximum absolute atomic E-state index is 11.8. The van der Waals surface area contributed by atoms with Gasteiger partial charge in [0.15, 0.2) is 0 Å². The minimum atomic E-state index is 0.00498. The van der Waals surface area contributed by atoms with Crippen LogP contribution < -0.4 is 0 Å². The number of unbranched alkanes of at least 4 members (excludes halogenated alkanes) is 22. The van der Waals surface area contributed by atoms with E-state index in [1.165, 1.54) is 153 Å². The quantitative estimate of drug-likeness (QED) is 0.0757. The molecule has 0 radical (unpaired) electrons. The normalized spacial score (nSPS) is 11.2. The van der Waals surface area contributed by atoms with Crippen LogP contribution in [0.5, 0.6) is 0 Å². The summed E-state index contributed by atoms with van der Waals surface area (Å²) in [5, 5.41) is 0. The third-order valence-corrected chi connectivity index (χ3v) is 7.92. The van der Waals surface area contributed by atoms with E-state index in [2.05, 4.69) is 13.8 Å². The van der Waals surface area contributed by atoms with Gasteiger partial charge in [0.1, 0.15) is 0 Å². The van der Waals surface area contributed by atoms with Crippen LogP contribution in [0.4, 0.5) is 0 Å². The first-order chi connectivity index (χ1) is 16.8. The average molecular weight is 499 g/mol. The summed E-state index contributed by atoms with van der Waals surface area (Å²) in [5.41, 5.74) is 0. The molecule has 0 bridgehead atoms. The summed E-state index contributed by atoms with van der Waals surface area (Å²) in [7, 11) is 0. The van der Waals surface area contributed by atoms with Gasteiger partial charge in [0, 0.05) is 5.75 Å². The van der Waals surface area contributed by atoms with Crippen LogP contribution in [0.1, 0.15) is 174 Å². The molecule has 0 unspecified atom stereocenters. The Balaban J connectivity index is 3.14. The lowest BCUT2D eigenvalue weighted by Gasteiger charge is -2.06. The zero-order chi connectivity index (χ0) is 24.8. The third kappa shape index (κ3) is 29.9. The Morgan fingerprint density at radius 3 is 1.24 bits per heavy atom. The summed E-state index contributed by atoms with van der Waals surface area (Å²) in [6.07, 6.45) is 33.5. The lowest BCUT2D eigenvalue weighted by atomic mass is 10.0. The van der Waals surface area contributed by atoms with Crippen LogP contribution in [0.3, 0.4) is 0 Å². The number of ether oxygens (including phenoxy) is 1. The van der Waals surface area contributed by atoms with Crippen molar-refractivity contribution >= 4 is 17.7 Å². The summed E-state index contributed by atoms with van der Waals surface area (Å²) < 4.78 is 5.40. The van der Waals surface area contributed by atoms with Crippen molar-refractivity contribution in [1.82, 2.24) is 0 Å². The van der Waals surface area contributed by atoms with E-state index in [9.17, 15) is 4.79 Å². The molecule has 0 heterocycles. The molecule has 0 N–H and O–H groups in total. The van der Waals surface area contributed by atoms with Gasteiger partial charge in [0.25, 0.3) is 0 Å². The van der Waals surface area contributed by atoms with Gasteiger partial charge in [-0.1, -0.05) is 155 Å². The minimum Gasteiger partial charge on any atom is -0.466 e. The Morgan fingerprint density at radius 1 is 0.471 bits per heavy atom. The smallest absolute Gasteiger partial charge is 0.306 e. The number of esters is 1. The highest BCUT2D eigenvalue weighted by Gasteiger charge is 2.03. The van der Waals surface area contributed by atoms with Crippen molar-refractivity contribution in [2.75, 3.05) is 18.1 Å². The van der Waals surface area contributed by atoms with E-state index >= 15 is 0 Å². The lowest BCUT2D eigenvalue weighted by Crippen LogP contribution is -2.07. The lowest BCUT2D eigenvalue weighted by molar-refractivity contribution is -0.143. The Hall–Kier alpha value is -0.180. The van der Waals surface area contributed by atoms with E-state index in [1.54, 1.807) is 0 Å². The summed E-state index contributed by atoms with van der Waals surface area (Å²) in [6.45, 7) is 5.19. The summed E-state index contributed by atoms with van der Waals surface area (Å²) in [5.74, 6) is 2.13. The van der Waals surface area contributed by atoms with E-state index in [0.717, 1.165) is 12.2 Å². The van der Waals surface area contributed by atoms with Gasteiger partial charge >= 0.3 is 5.97 Å². The number of hydrogen-bond acceptors (Lipinski definition) is 3. The number of rotatable bonds is 29. The molecule has 0 aliphatic carbocycles. The summed E-state index contributed by atoms with van der Waals surface area (Å²) >= 11 is 1.92. The molecule has 2 nitrogen and oxygen atoms in total. The standard InChI is InChI=1S/C31H62O2S/c1-3-5-7-9-11-13-15-16-17-19-21-23-25-28-33-31(32)27-30-34-29-26-24-22-20-18-14-12-10-8-6-4-2/h3-30H2,1-2H3. The van der Waals surface area contributed by atoms with Crippen LogP contribution in [0.25, 0.3) is 0 Å². The number of hydrogen-bond donors (Lipinski definition) is 0. The van der Waals surface area contributed by atoms with Gasteiger partial charge in [-0.25, -0.2) is 0 Å². The van der Waals surface area contributed by atoms with Crippen LogP contribution >= 0.6 is 11.8 Å². The van der Waals surface area contributed by atoms with Crippen molar-refractivity contribution in [2.24, 2.45) is 0 Å². The second kappa shape index (κ2) is 30.9. The second-order valence-electron chi connectivity index (χ2n) is 10.4. The first kappa shape index (κ1) is 33.8. The SMILES string of the molecule is CCCCCCCCCCCCCCCOC(=O)CCSCCCCCCCCCCCCC. The Kier molecular flexibility index (Phi) is 30.7. The monoisotopic (exact) mass is 498 g/mol. The maximum Gasteiger partial charge on any atom is 0.306 e. The van der Waals surface area contributed by atoms with Crippen LogP contribution in [-0.4, -0.2) is 24.1 Å². The fourth-order valence-electron chi connectivity index (χ4n) is 4.50. The molecule has 0 aliphatic rings. The van der Waals surface area contributed by atoms with Gasteiger partial charge in [-0.3, -0.25) is 4.79 Å². The average Bonchev–Trinajstić information content (AvgIpc) is 2.84. The molecular formula is C31H62O2S. The minimum absolute atomic E-state index is 0.00498. The molecule has 0 aromatic carbocycles. The van der Waals surface area contributed by atoms with E-state index in [1.807, 2.05) is 11.8 Å². The zero-order valence-corrected chi connectivity index (χ0v) is 24.3. The molecule has 0 rings (SSSR count). The van der Waals surface area contributed by atoms with Gasteiger partial charge in [0.2, 0.25) is 0 Å². The highest BCUT2D eigenvalue weighted by atomic mass is 32.2. The maximum atomic E-state index is 11.8. The predicted octanol–water partition coefficient (Wildman–Crippen LogP) is 11.1. The van der Waals surface area contributed by atoms with Gasteiger partial charge < -0.3 is 4.74 Å². The summed E-state index contributed by atoms with van der Waals surface area (Å²) in [4.78, 5) is 11.8. The molecule has 0 aromatic rings. The molecule has 0 amide bonds. The zero-order valence-electron chi connectivity index (χ0n) is 23.5. The molecule has 0 spiro atoms. The van der Waals surface area contributed by atoms with Crippen LogP contribution in [0.15, 0.2) is 0 Å². The molecule has 34 heavy (non-hydrogen) atoms. The number of carbonyl (C=O) groups excluding carboxylic acids is 1. The first-order valence-electron chi connectivity index (χ1n) is 15.5. The summed E-state index contributed by atoms with van der Waals surface area (Å²) in [6, 6.07) is 0. The third-order valence-electron chi connectivity index (χ3n) is 6.85. The van der Waals surface area contributed by atoms with Crippen LogP contribution in [0.2, 0.25) is 0 Å². The first-order valence-corrected chi connectivity index (χ1v) is 16.7. The molecule has 0 saturated heterocycles. The van der Waals surface area contributed by atoms with Crippen molar-refractivity contribution in [1.29, 1.82) is 0 Å². The Labute approximate surface area is 219 Å². The van der Waals surface area contributed by atoms with Gasteiger partial charge in [-0.2, -0.15) is 11.8 Å². The van der Waals surface area contributed by atoms with Crippen molar-refractivity contribution < 1.29 is 9.53 Å². The number of thioether (sulfide) groups is 1. The van der Waals surface area contributed by atoms with Crippen LogP contribution in [0, 0.1) is 0 Å². The molecule has 0 atom stereocenters. The Morgan fingerprint density at radius 2 is 0.824 bits per heavy atom. The van der Waals surface area contributed by atoms with E-state index in [0.29, 0.717) is 13.0 Å². The molecule has 0 aliphatic heterocycles. The highest BCUT2D eigenvalue weighted by Crippen LogP contribution is 2.14. The molecular weight excluding hydrogens is 436 g/mol. The van der Waals surface area contributed by atoms with Crippen molar-refractivity contribution in [3.63, 3.8) is 0 Å². The molecule has 0 aromatic heterocycles. The molecule has 0 saturated carbocycles. The van der Waals surface area contributed by atoms with Crippen LogP contribution in [-0.2, 0) is 9.53 Å². The number of carbonyl (C=O) groups is 1. The topological polar surface area (TPSA) is 26.3 Å². The van der Waals surface area contributed by atoms with Gasteiger partial charge in [-0.05, 0) is 18.6 Å². The van der Waals surface area contributed by atoms with E-state index in [4.69, 9.17) is 4.74 Å².